The normalized spacial score (nSPS) is 11.5. The Kier molecular flexibility index (Phi) is 4.68. The van der Waals surface area contributed by atoms with Crippen molar-refractivity contribution in [3.05, 3.63) is 57.2 Å². The van der Waals surface area contributed by atoms with E-state index in [0.29, 0.717) is 15.1 Å². The van der Waals surface area contributed by atoms with Crippen molar-refractivity contribution in [1.29, 1.82) is 0 Å². The minimum absolute atomic E-state index is 0.332. The third-order valence-corrected chi connectivity index (χ3v) is 5.97. The number of rotatable bonds is 3. The lowest BCUT2D eigenvalue weighted by Crippen LogP contribution is -2.05. The standard InChI is InChI=1S/C14H12BrIO2S/c1-10-2-7-14(11(8-10)9-15)19(17,18)13-5-3-12(16)4-6-13/h2-8H,9H2,1H3. The molecule has 0 amide bonds. The van der Waals surface area contributed by atoms with E-state index in [0.717, 1.165) is 14.7 Å². The second-order valence-corrected chi connectivity index (χ2v) is 7.93. The predicted octanol–water partition coefficient (Wildman–Crippen LogP) is 4.33. The maximum Gasteiger partial charge on any atom is 0.206 e. The summed E-state index contributed by atoms with van der Waals surface area (Å²) in [6, 6.07) is 12.3. The van der Waals surface area contributed by atoms with Crippen molar-refractivity contribution in [3.63, 3.8) is 0 Å². The van der Waals surface area contributed by atoms with Crippen LogP contribution in [0.5, 0.6) is 0 Å². The van der Waals surface area contributed by atoms with Crippen LogP contribution in [0.3, 0.4) is 0 Å². The van der Waals surface area contributed by atoms with Crippen LogP contribution in [0.15, 0.2) is 52.3 Å². The third-order valence-electron chi connectivity index (χ3n) is 2.77. The Labute approximate surface area is 135 Å². The second kappa shape index (κ2) is 5.93. The Morgan fingerprint density at radius 3 is 2.32 bits per heavy atom. The molecule has 0 aromatic heterocycles. The van der Waals surface area contributed by atoms with Gasteiger partial charge < -0.3 is 0 Å². The number of aryl methyl sites for hydroxylation is 1. The topological polar surface area (TPSA) is 34.1 Å². The molecule has 100 valence electrons. The van der Waals surface area contributed by atoms with E-state index in [-0.39, 0.29) is 0 Å². The van der Waals surface area contributed by atoms with Crippen LogP contribution in [0.1, 0.15) is 11.1 Å². The van der Waals surface area contributed by atoms with Crippen molar-refractivity contribution in [1.82, 2.24) is 0 Å². The number of hydrogen-bond acceptors (Lipinski definition) is 2. The molecule has 0 fully saturated rings. The molecule has 5 heteroatoms. The Hall–Kier alpha value is -0.400. The van der Waals surface area contributed by atoms with Gasteiger partial charge in [-0.1, -0.05) is 33.6 Å². The van der Waals surface area contributed by atoms with Gasteiger partial charge in [-0.15, -0.1) is 0 Å². The van der Waals surface area contributed by atoms with Crippen LogP contribution in [0, 0.1) is 10.5 Å². The molecule has 2 aromatic carbocycles. The number of benzene rings is 2. The van der Waals surface area contributed by atoms with E-state index in [9.17, 15) is 8.42 Å². The maximum atomic E-state index is 12.6. The molecule has 2 aromatic rings. The molecule has 0 aliphatic carbocycles. The van der Waals surface area contributed by atoms with Gasteiger partial charge in [0.2, 0.25) is 9.84 Å². The minimum Gasteiger partial charge on any atom is -0.219 e. The van der Waals surface area contributed by atoms with Crippen molar-refractivity contribution in [2.45, 2.75) is 22.0 Å². The molecule has 0 aliphatic rings. The van der Waals surface area contributed by atoms with E-state index in [1.165, 1.54) is 0 Å². The van der Waals surface area contributed by atoms with Crippen molar-refractivity contribution < 1.29 is 8.42 Å². The van der Waals surface area contributed by atoms with Crippen LogP contribution in [0.2, 0.25) is 0 Å². The molecule has 0 bridgehead atoms. The molecule has 0 unspecified atom stereocenters. The van der Waals surface area contributed by atoms with Crippen LogP contribution in [-0.2, 0) is 15.2 Å². The zero-order valence-corrected chi connectivity index (χ0v) is 14.8. The van der Waals surface area contributed by atoms with Gasteiger partial charge in [0.25, 0.3) is 0 Å². The van der Waals surface area contributed by atoms with Gasteiger partial charge >= 0.3 is 0 Å². The van der Waals surface area contributed by atoms with Crippen molar-refractivity contribution in [2.24, 2.45) is 0 Å². The first kappa shape index (κ1) is 15.0. The highest BCUT2D eigenvalue weighted by Crippen LogP contribution is 2.26. The molecule has 0 heterocycles. The molecular formula is C14H12BrIO2S. The van der Waals surface area contributed by atoms with E-state index >= 15 is 0 Å². The molecule has 0 N–H and O–H groups in total. The first-order chi connectivity index (χ1) is 8.95. The molecule has 19 heavy (non-hydrogen) atoms. The first-order valence-electron chi connectivity index (χ1n) is 5.61. The lowest BCUT2D eigenvalue weighted by atomic mass is 10.2. The van der Waals surface area contributed by atoms with Gasteiger partial charge in [-0.3, -0.25) is 0 Å². The number of alkyl halides is 1. The van der Waals surface area contributed by atoms with E-state index in [1.54, 1.807) is 30.3 Å². The smallest absolute Gasteiger partial charge is 0.206 e. The number of halogens is 2. The van der Waals surface area contributed by atoms with E-state index < -0.39 is 9.84 Å². The van der Waals surface area contributed by atoms with Crippen LogP contribution >= 0.6 is 38.5 Å². The van der Waals surface area contributed by atoms with Crippen molar-refractivity contribution in [3.8, 4) is 0 Å². The predicted molar refractivity (Wildman–Crippen MR) is 88.4 cm³/mol. The SMILES string of the molecule is Cc1ccc(S(=O)(=O)c2ccc(I)cc2)c(CBr)c1. The zero-order valence-electron chi connectivity index (χ0n) is 10.2. The van der Waals surface area contributed by atoms with Gasteiger partial charge in [0, 0.05) is 8.90 Å². The largest absolute Gasteiger partial charge is 0.219 e. The Morgan fingerprint density at radius 2 is 1.74 bits per heavy atom. The summed E-state index contributed by atoms with van der Waals surface area (Å²) in [5.74, 6) is 0. The molecule has 0 atom stereocenters. The van der Waals surface area contributed by atoms with Gasteiger partial charge in [-0.05, 0) is 65.4 Å². The zero-order chi connectivity index (χ0) is 14.0. The highest BCUT2D eigenvalue weighted by Gasteiger charge is 2.20. The van der Waals surface area contributed by atoms with E-state index in [4.69, 9.17) is 0 Å². The molecule has 0 radical (unpaired) electrons. The summed E-state index contributed by atoms with van der Waals surface area (Å²) in [5.41, 5.74) is 1.84. The van der Waals surface area contributed by atoms with Crippen LogP contribution in [0.25, 0.3) is 0 Å². The maximum absolute atomic E-state index is 12.6. The lowest BCUT2D eigenvalue weighted by Gasteiger charge is -2.10. The van der Waals surface area contributed by atoms with E-state index in [2.05, 4.69) is 38.5 Å². The summed E-state index contributed by atoms with van der Waals surface area (Å²) in [6.07, 6.45) is 0. The van der Waals surface area contributed by atoms with Crippen LogP contribution in [-0.4, -0.2) is 8.42 Å². The Morgan fingerprint density at radius 1 is 1.11 bits per heavy atom. The molecular weight excluding hydrogens is 439 g/mol. The molecule has 0 saturated carbocycles. The second-order valence-electron chi connectivity index (χ2n) is 4.20. The number of sulfone groups is 1. The summed E-state index contributed by atoms with van der Waals surface area (Å²) in [4.78, 5) is 0.704. The van der Waals surface area contributed by atoms with Gasteiger partial charge in [0.15, 0.2) is 0 Å². The summed E-state index contributed by atoms with van der Waals surface area (Å²) in [7, 11) is -3.45. The van der Waals surface area contributed by atoms with Crippen molar-refractivity contribution >= 4 is 48.4 Å². The average Bonchev–Trinajstić information content (AvgIpc) is 2.38. The summed E-state index contributed by atoms with van der Waals surface area (Å²) < 4.78 is 26.2. The highest BCUT2D eigenvalue weighted by molar-refractivity contribution is 14.1. The molecule has 2 nitrogen and oxygen atoms in total. The Balaban J connectivity index is 2.59. The summed E-state index contributed by atoms with van der Waals surface area (Å²) in [6.45, 7) is 1.95. The fourth-order valence-corrected chi connectivity index (χ4v) is 4.30. The first-order valence-corrected chi connectivity index (χ1v) is 9.29. The Bertz CT molecular complexity index is 694. The minimum atomic E-state index is -3.45. The van der Waals surface area contributed by atoms with Crippen molar-refractivity contribution in [2.75, 3.05) is 0 Å². The molecule has 2 rings (SSSR count). The summed E-state index contributed by atoms with van der Waals surface area (Å²) >= 11 is 5.51. The number of hydrogen-bond donors (Lipinski definition) is 0. The summed E-state index contributed by atoms with van der Waals surface area (Å²) in [5, 5.41) is 0.521. The molecule has 0 spiro atoms. The molecule has 0 aliphatic heterocycles. The van der Waals surface area contributed by atoms with Crippen LogP contribution in [0.4, 0.5) is 0 Å². The monoisotopic (exact) mass is 450 g/mol. The van der Waals surface area contributed by atoms with Gasteiger partial charge in [0.05, 0.1) is 9.79 Å². The van der Waals surface area contributed by atoms with Gasteiger partial charge in [0.1, 0.15) is 0 Å². The van der Waals surface area contributed by atoms with E-state index in [1.807, 2.05) is 19.1 Å². The van der Waals surface area contributed by atoms with Crippen LogP contribution < -0.4 is 0 Å². The quantitative estimate of drug-likeness (QED) is 0.515. The lowest BCUT2D eigenvalue weighted by molar-refractivity contribution is 0.595. The third kappa shape index (κ3) is 3.20. The average molecular weight is 451 g/mol. The highest BCUT2D eigenvalue weighted by atomic mass is 127. The molecule has 0 saturated heterocycles. The van der Waals surface area contributed by atoms with Gasteiger partial charge in [-0.2, -0.15) is 0 Å². The fraction of sp³-hybridized carbons (Fsp3) is 0.143. The van der Waals surface area contributed by atoms with Gasteiger partial charge in [-0.25, -0.2) is 8.42 Å². The fourth-order valence-electron chi connectivity index (χ4n) is 1.82.